The number of hydrogen-bond donors (Lipinski definition) is 1. The second-order valence-corrected chi connectivity index (χ2v) is 4.37. The molecule has 0 aromatic carbocycles. The molecule has 0 saturated carbocycles. The average molecular weight is 312 g/mol. The molecule has 0 aliphatic rings. The van der Waals surface area contributed by atoms with Crippen molar-refractivity contribution >= 4 is 27.5 Å². The van der Waals surface area contributed by atoms with Crippen LogP contribution in [0.4, 0.5) is 5.69 Å². The predicted octanol–water partition coefficient (Wildman–Crippen LogP) is 2.23. The van der Waals surface area contributed by atoms with Gasteiger partial charge in [-0.1, -0.05) is 5.16 Å². The topological polar surface area (TPSA) is 77.2 Å². The highest BCUT2D eigenvalue weighted by molar-refractivity contribution is 9.10. The van der Waals surface area contributed by atoms with Gasteiger partial charge in [0.1, 0.15) is 6.61 Å². The molecule has 94 valence electrons. The van der Waals surface area contributed by atoms with Gasteiger partial charge in [-0.25, -0.2) is 0 Å². The lowest BCUT2D eigenvalue weighted by atomic mass is 10.3. The summed E-state index contributed by atoms with van der Waals surface area (Å²) in [5.41, 5.74) is 0.771. The van der Waals surface area contributed by atoms with Crippen LogP contribution in [0.3, 0.4) is 0 Å². The summed E-state index contributed by atoms with van der Waals surface area (Å²) >= 11 is 3.27. The quantitative estimate of drug-likeness (QED) is 0.937. The number of carbonyl (C=O) groups is 1. The number of anilines is 1. The van der Waals surface area contributed by atoms with Gasteiger partial charge in [0.25, 0.3) is 5.91 Å². The van der Waals surface area contributed by atoms with E-state index >= 15 is 0 Å². The van der Waals surface area contributed by atoms with Gasteiger partial charge < -0.3 is 14.6 Å². The lowest BCUT2D eigenvalue weighted by Crippen LogP contribution is -2.12. The Balaban J connectivity index is 2.07. The van der Waals surface area contributed by atoms with Gasteiger partial charge in [-0.05, 0) is 22.0 Å². The maximum absolute atomic E-state index is 11.8. The lowest BCUT2D eigenvalue weighted by Gasteiger charge is -2.01. The Bertz CT molecular complexity index is 556. The summed E-state index contributed by atoms with van der Waals surface area (Å²) in [5, 5.41) is 6.31. The monoisotopic (exact) mass is 311 g/mol. The van der Waals surface area contributed by atoms with Gasteiger partial charge in [0, 0.05) is 23.8 Å². The minimum absolute atomic E-state index is 0.196. The van der Waals surface area contributed by atoms with Crippen LogP contribution in [0.15, 0.2) is 33.5 Å². The summed E-state index contributed by atoms with van der Waals surface area (Å²) in [6.07, 6.45) is 3.17. The highest BCUT2D eigenvalue weighted by atomic mass is 79.9. The SMILES string of the molecule is COCc1cc(C(=O)Nc2cncc(Br)c2)no1. The third-order valence-corrected chi connectivity index (χ3v) is 2.47. The molecule has 7 heteroatoms. The molecule has 1 N–H and O–H groups in total. The normalized spacial score (nSPS) is 10.3. The van der Waals surface area contributed by atoms with Crippen molar-refractivity contribution in [2.24, 2.45) is 0 Å². The number of nitrogens with zero attached hydrogens (tertiary/aromatic N) is 2. The molecule has 0 bridgehead atoms. The molecule has 0 aliphatic heterocycles. The summed E-state index contributed by atoms with van der Waals surface area (Å²) in [6, 6.07) is 3.27. The van der Waals surface area contributed by atoms with E-state index in [9.17, 15) is 4.79 Å². The molecule has 1 amide bonds. The number of aromatic nitrogens is 2. The molecule has 2 heterocycles. The first-order valence-corrected chi connectivity index (χ1v) is 5.85. The highest BCUT2D eigenvalue weighted by Crippen LogP contribution is 2.14. The number of nitrogens with one attached hydrogen (secondary N) is 1. The van der Waals surface area contributed by atoms with Crippen LogP contribution in [0.25, 0.3) is 0 Å². The van der Waals surface area contributed by atoms with E-state index in [0.29, 0.717) is 11.4 Å². The molecule has 0 atom stereocenters. The zero-order valence-corrected chi connectivity index (χ0v) is 11.1. The largest absolute Gasteiger partial charge is 0.377 e. The molecule has 2 rings (SSSR count). The zero-order chi connectivity index (χ0) is 13.0. The minimum atomic E-state index is -0.360. The number of amides is 1. The van der Waals surface area contributed by atoms with E-state index in [2.05, 4.69) is 31.4 Å². The third kappa shape index (κ3) is 3.14. The number of pyridine rings is 1. The smallest absolute Gasteiger partial charge is 0.277 e. The van der Waals surface area contributed by atoms with Crippen molar-refractivity contribution in [2.75, 3.05) is 12.4 Å². The summed E-state index contributed by atoms with van der Waals surface area (Å²) in [4.78, 5) is 15.8. The Morgan fingerprint density at radius 2 is 2.33 bits per heavy atom. The number of halogens is 1. The predicted molar refractivity (Wildman–Crippen MR) is 67.1 cm³/mol. The Kier molecular flexibility index (Phi) is 4.06. The van der Waals surface area contributed by atoms with Crippen LogP contribution < -0.4 is 5.32 Å². The molecule has 2 aromatic rings. The van der Waals surface area contributed by atoms with E-state index in [0.717, 1.165) is 4.47 Å². The summed E-state index contributed by atoms with van der Waals surface area (Å²) in [5.74, 6) is 0.135. The van der Waals surface area contributed by atoms with Crippen molar-refractivity contribution in [3.8, 4) is 0 Å². The Labute approximate surface area is 111 Å². The van der Waals surface area contributed by atoms with Crippen LogP contribution >= 0.6 is 15.9 Å². The van der Waals surface area contributed by atoms with Crippen LogP contribution in [0, 0.1) is 0 Å². The van der Waals surface area contributed by atoms with Gasteiger partial charge in [0.05, 0.1) is 11.9 Å². The average Bonchev–Trinajstić information content (AvgIpc) is 2.78. The summed E-state index contributed by atoms with van der Waals surface area (Å²) in [7, 11) is 1.54. The fourth-order valence-corrected chi connectivity index (χ4v) is 1.67. The fraction of sp³-hybridized carbons (Fsp3) is 0.182. The molecule has 0 fully saturated rings. The molecular weight excluding hydrogens is 302 g/mol. The number of methoxy groups -OCH3 is 1. The Morgan fingerprint density at radius 1 is 1.50 bits per heavy atom. The molecule has 0 unspecified atom stereocenters. The van der Waals surface area contributed by atoms with E-state index in [1.54, 1.807) is 18.5 Å². The van der Waals surface area contributed by atoms with E-state index in [4.69, 9.17) is 9.26 Å². The van der Waals surface area contributed by atoms with Crippen molar-refractivity contribution < 1.29 is 14.1 Å². The lowest BCUT2D eigenvalue weighted by molar-refractivity contribution is 0.101. The number of rotatable bonds is 4. The molecule has 0 saturated heterocycles. The van der Waals surface area contributed by atoms with Crippen molar-refractivity contribution in [3.63, 3.8) is 0 Å². The van der Waals surface area contributed by atoms with E-state index in [1.807, 2.05) is 0 Å². The van der Waals surface area contributed by atoms with Gasteiger partial charge in [-0.15, -0.1) is 0 Å². The first-order valence-electron chi connectivity index (χ1n) is 5.05. The van der Waals surface area contributed by atoms with Gasteiger partial charge in [0.15, 0.2) is 11.5 Å². The van der Waals surface area contributed by atoms with Crippen LogP contribution in [-0.2, 0) is 11.3 Å². The summed E-state index contributed by atoms with van der Waals surface area (Å²) < 4.78 is 10.6. The van der Waals surface area contributed by atoms with E-state index < -0.39 is 0 Å². The van der Waals surface area contributed by atoms with Crippen molar-refractivity contribution in [2.45, 2.75) is 6.61 Å². The van der Waals surface area contributed by atoms with Crippen molar-refractivity contribution in [1.29, 1.82) is 0 Å². The molecule has 2 aromatic heterocycles. The maximum atomic E-state index is 11.8. The molecule has 0 spiro atoms. The molecule has 18 heavy (non-hydrogen) atoms. The van der Waals surface area contributed by atoms with Crippen molar-refractivity contribution in [1.82, 2.24) is 10.1 Å². The third-order valence-electron chi connectivity index (χ3n) is 2.04. The van der Waals surface area contributed by atoms with Crippen LogP contribution in [0.2, 0.25) is 0 Å². The first-order chi connectivity index (χ1) is 8.69. The second-order valence-electron chi connectivity index (χ2n) is 3.46. The number of carbonyl (C=O) groups excluding carboxylic acids is 1. The Morgan fingerprint density at radius 3 is 3.06 bits per heavy atom. The van der Waals surface area contributed by atoms with Crippen LogP contribution in [0.1, 0.15) is 16.2 Å². The van der Waals surface area contributed by atoms with Gasteiger partial charge >= 0.3 is 0 Å². The van der Waals surface area contributed by atoms with Gasteiger partial charge in [-0.2, -0.15) is 0 Å². The standard InChI is InChI=1S/C11H10BrN3O3/c1-17-6-9-3-10(15-18-9)11(16)14-8-2-7(12)4-13-5-8/h2-5H,6H2,1H3,(H,14,16). The molecular formula is C11H10BrN3O3. The zero-order valence-electron chi connectivity index (χ0n) is 9.51. The highest BCUT2D eigenvalue weighted by Gasteiger charge is 2.12. The van der Waals surface area contributed by atoms with Gasteiger partial charge in [0.2, 0.25) is 0 Å². The minimum Gasteiger partial charge on any atom is -0.377 e. The molecule has 0 radical (unpaired) electrons. The van der Waals surface area contributed by atoms with Crippen molar-refractivity contribution in [3.05, 3.63) is 40.5 Å². The van der Waals surface area contributed by atoms with Crippen LogP contribution in [-0.4, -0.2) is 23.2 Å². The number of ether oxygens (including phenoxy) is 1. The van der Waals surface area contributed by atoms with E-state index in [-0.39, 0.29) is 18.2 Å². The number of hydrogen-bond acceptors (Lipinski definition) is 5. The molecule has 0 aliphatic carbocycles. The first kappa shape index (κ1) is 12.7. The van der Waals surface area contributed by atoms with E-state index in [1.165, 1.54) is 13.2 Å². The molecule has 6 nitrogen and oxygen atoms in total. The fourth-order valence-electron chi connectivity index (χ4n) is 1.31. The van der Waals surface area contributed by atoms with Crippen LogP contribution in [0.5, 0.6) is 0 Å². The van der Waals surface area contributed by atoms with Gasteiger partial charge in [-0.3, -0.25) is 9.78 Å². The maximum Gasteiger partial charge on any atom is 0.277 e. The second kappa shape index (κ2) is 5.74. The summed E-state index contributed by atoms with van der Waals surface area (Å²) in [6.45, 7) is 0.277. The Hall–Kier alpha value is -1.73.